The van der Waals surface area contributed by atoms with E-state index >= 15 is 0 Å². The van der Waals surface area contributed by atoms with E-state index in [-0.39, 0.29) is 11.9 Å². The molecular formula is C14H16Cl3NO. The van der Waals surface area contributed by atoms with Gasteiger partial charge in [0.25, 0.3) is 5.91 Å². The van der Waals surface area contributed by atoms with Gasteiger partial charge in [0.15, 0.2) is 0 Å². The van der Waals surface area contributed by atoms with Crippen LogP contribution >= 0.6 is 34.8 Å². The molecule has 2 nitrogen and oxygen atoms in total. The molecule has 1 saturated heterocycles. The molecule has 0 N–H and O–H groups in total. The van der Waals surface area contributed by atoms with Gasteiger partial charge in [-0.3, -0.25) is 4.79 Å². The Kier molecular flexibility index (Phi) is 5.37. The van der Waals surface area contributed by atoms with Gasteiger partial charge in [0.1, 0.15) is 0 Å². The molecule has 1 aromatic carbocycles. The summed E-state index contributed by atoms with van der Waals surface area (Å²) in [5.74, 6) is 0.638. The molecule has 0 spiro atoms. The number of likely N-dealkylation sites (tertiary alicyclic amines) is 1. The van der Waals surface area contributed by atoms with Gasteiger partial charge in [-0.2, -0.15) is 0 Å². The van der Waals surface area contributed by atoms with E-state index in [2.05, 4.69) is 0 Å². The Hall–Kier alpha value is -0.440. The predicted molar refractivity (Wildman–Crippen MR) is 80.5 cm³/mol. The molecule has 0 bridgehead atoms. The molecule has 0 radical (unpaired) electrons. The molecule has 1 heterocycles. The van der Waals surface area contributed by atoms with Crippen LogP contribution in [0, 0.1) is 0 Å². The molecule has 5 heteroatoms. The number of alkyl halides is 1. The van der Waals surface area contributed by atoms with Crippen molar-refractivity contribution < 1.29 is 4.79 Å². The summed E-state index contributed by atoms with van der Waals surface area (Å²) in [5.41, 5.74) is 0.531. The highest BCUT2D eigenvalue weighted by Crippen LogP contribution is 2.27. The van der Waals surface area contributed by atoms with Gasteiger partial charge in [0, 0.05) is 23.5 Å². The second-order valence-electron chi connectivity index (χ2n) is 4.75. The Balaban J connectivity index is 2.13. The van der Waals surface area contributed by atoms with E-state index in [9.17, 15) is 4.79 Å². The van der Waals surface area contributed by atoms with Crippen LogP contribution in [0.5, 0.6) is 0 Å². The third-order valence-electron chi connectivity index (χ3n) is 3.47. The summed E-state index contributed by atoms with van der Waals surface area (Å²) in [6, 6.07) is 5.30. The fraction of sp³-hybridized carbons (Fsp3) is 0.500. The number of hydrogen-bond donors (Lipinski definition) is 0. The number of rotatable bonds is 4. The van der Waals surface area contributed by atoms with Crippen molar-refractivity contribution in [3.63, 3.8) is 0 Å². The van der Waals surface area contributed by atoms with Crippen LogP contribution in [-0.4, -0.2) is 29.3 Å². The lowest BCUT2D eigenvalue weighted by atomic mass is 10.1. The summed E-state index contributed by atoms with van der Waals surface area (Å²) in [6.07, 6.45) is 3.99. The number of carbonyl (C=O) groups excluding carboxylic acids is 1. The largest absolute Gasteiger partial charge is 0.336 e. The summed E-state index contributed by atoms with van der Waals surface area (Å²) in [5, 5.41) is 0.960. The van der Waals surface area contributed by atoms with Gasteiger partial charge in [-0.1, -0.05) is 23.2 Å². The molecule has 1 aliphatic rings. The molecule has 1 aromatic rings. The zero-order chi connectivity index (χ0) is 13.8. The highest BCUT2D eigenvalue weighted by Gasteiger charge is 2.29. The number of amides is 1. The first-order valence-electron chi connectivity index (χ1n) is 6.45. The number of benzene rings is 1. The molecule has 2 rings (SSSR count). The minimum atomic E-state index is -0.00117. The maximum absolute atomic E-state index is 12.5. The summed E-state index contributed by atoms with van der Waals surface area (Å²) in [7, 11) is 0. The van der Waals surface area contributed by atoms with Crippen molar-refractivity contribution in [1.29, 1.82) is 0 Å². The van der Waals surface area contributed by atoms with Crippen molar-refractivity contribution in [3.8, 4) is 0 Å². The van der Waals surface area contributed by atoms with Crippen LogP contribution in [-0.2, 0) is 0 Å². The number of hydrogen-bond acceptors (Lipinski definition) is 1. The van der Waals surface area contributed by atoms with Gasteiger partial charge in [0.2, 0.25) is 0 Å². The normalized spacial score (nSPS) is 18.9. The van der Waals surface area contributed by atoms with Gasteiger partial charge >= 0.3 is 0 Å². The summed E-state index contributed by atoms with van der Waals surface area (Å²) in [6.45, 7) is 0.796. The average molecular weight is 321 g/mol. The summed E-state index contributed by atoms with van der Waals surface area (Å²) in [4.78, 5) is 14.4. The fourth-order valence-corrected chi connectivity index (χ4v) is 3.18. The fourth-order valence-electron chi connectivity index (χ4n) is 2.53. The first-order valence-corrected chi connectivity index (χ1v) is 7.74. The van der Waals surface area contributed by atoms with Gasteiger partial charge in [-0.05, 0) is 43.9 Å². The first-order chi connectivity index (χ1) is 9.13. The third kappa shape index (κ3) is 3.56. The summed E-state index contributed by atoms with van der Waals surface area (Å²) < 4.78 is 0. The highest BCUT2D eigenvalue weighted by atomic mass is 35.5. The van der Waals surface area contributed by atoms with Crippen LogP contribution in [0.3, 0.4) is 0 Å². The second-order valence-corrected chi connectivity index (χ2v) is 5.97. The van der Waals surface area contributed by atoms with Gasteiger partial charge < -0.3 is 4.90 Å². The Bertz CT molecular complexity index is 464. The molecule has 104 valence electrons. The van der Waals surface area contributed by atoms with Crippen LogP contribution in [0.4, 0.5) is 0 Å². The van der Waals surface area contributed by atoms with Crippen molar-refractivity contribution in [3.05, 3.63) is 33.8 Å². The maximum atomic E-state index is 12.5. The predicted octanol–water partition coefficient (Wildman–Crippen LogP) is 4.62. The molecule has 1 aliphatic heterocycles. The van der Waals surface area contributed by atoms with Gasteiger partial charge in [0.05, 0.1) is 10.6 Å². The standard InChI is InChI=1S/C14H16Cl3NO/c15-7-1-3-11-4-2-8-18(11)14(19)12-6-5-10(16)9-13(12)17/h5-6,9,11H,1-4,7-8H2. The van der Waals surface area contributed by atoms with Gasteiger partial charge in [-0.15, -0.1) is 11.6 Å². The number of carbonyl (C=O) groups is 1. The SMILES string of the molecule is O=C(c1ccc(Cl)cc1Cl)N1CCCC1CCCCl. The van der Waals surface area contributed by atoms with E-state index in [1.54, 1.807) is 18.2 Å². The lowest BCUT2D eigenvalue weighted by molar-refractivity contribution is 0.0730. The monoisotopic (exact) mass is 319 g/mol. The molecule has 1 fully saturated rings. The zero-order valence-corrected chi connectivity index (χ0v) is 12.8. The van der Waals surface area contributed by atoms with Crippen molar-refractivity contribution >= 4 is 40.7 Å². The minimum absolute atomic E-state index is 0.00117. The van der Waals surface area contributed by atoms with Crippen molar-refractivity contribution in [2.45, 2.75) is 31.7 Å². The van der Waals surface area contributed by atoms with Crippen LogP contribution in [0.2, 0.25) is 10.0 Å². The zero-order valence-electron chi connectivity index (χ0n) is 10.5. The molecule has 1 amide bonds. The molecule has 19 heavy (non-hydrogen) atoms. The quantitative estimate of drug-likeness (QED) is 0.741. The van der Waals surface area contributed by atoms with Crippen molar-refractivity contribution in [1.82, 2.24) is 4.90 Å². The smallest absolute Gasteiger partial charge is 0.255 e. The Morgan fingerprint density at radius 3 is 2.84 bits per heavy atom. The van der Waals surface area contributed by atoms with Crippen molar-refractivity contribution in [2.75, 3.05) is 12.4 Å². The van der Waals surface area contributed by atoms with Gasteiger partial charge in [-0.25, -0.2) is 0 Å². The van der Waals surface area contributed by atoms with Crippen LogP contribution in [0.1, 0.15) is 36.0 Å². The van der Waals surface area contributed by atoms with E-state index < -0.39 is 0 Å². The number of halogens is 3. The summed E-state index contributed by atoms with van der Waals surface area (Å²) >= 11 is 17.7. The molecule has 0 saturated carbocycles. The first kappa shape index (κ1) is 15.0. The highest BCUT2D eigenvalue weighted by molar-refractivity contribution is 6.36. The second kappa shape index (κ2) is 6.83. The number of nitrogens with zero attached hydrogens (tertiary/aromatic N) is 1. The van der Waals surface area contributed by atoms with E-state index in [4.69, 9.17) is 34.8 Å². The Labute approximate surface area is 128 Å². The minimum Gasteiger partial charge on any atom is -0.336 e. The van der Waals surface area contributed by atoms with E-state index in [1.165, 1.54) is 0 Å². The average Bonchev–Trinajstić information content (AvgIpc) is 2.83. The topological polar surface area (TPSA) is 20.3 Å². The molecular weight excluding hydrogens is 305 g/mol. The van der Waals surface area contributed by atoms with E-state index in [0.717, 1.165) is 32.2 Å². The van der Waals surface area contributed by atoms with Crippen LogP contribution in [0.25, 0.3) is 0 Å². The lowest BCUT2D eigenvalue weighted by Crippen LogP contribution is -2.35. The van der Waals surface area contributed by atoms with Crippen molar-refractivity contribution in [2.24, 2.45) is 0 Å². The maximum Gasteiger partial charge on any atom is 0.255 e. The van der Waals surface area contributed by atoms with E-state index in [1.807, 2.05) is 4.90 Å². The lowest BCUT2D eigenvalue weighted by Gasteiger charge is -2.25. The molecule has 0 aromatic heterocycles. The third-order valence-corrected chi connectivity index (χ3v) is 4.29. The Morgan fingerprint density at radius 2 is 2.16 bits per heavy atom. The van der Waals surface area contributed by atoms with E-state index in [0.29, 0.717) is 21.5 Å². The molecule has 1 unspecified atom stereocenters. The molecule has 0 aliphatic carbocycles. The Morgan fingerprint density at radius 1 is 1.37 bits per heavy atom. The van der Waals surface area contributed by atoms with Crippen LogP contribution in [0.15, 0.2) is 18.2 Å². The van der Waals surface area contributed by atoms with Crippen LogP contribution < -0.4 is 0 Å². The molecule has 1 atom stereocenters.